The smallest absolute Gasteiger partial charge is 0.0349 e. The Bertz CT molecular complexity index is 375. The van der Waals surface area contributed by atoms with Gasteiger partial charge in [0.05, 0.1) is 0 Å². The highest BCUT2D eigenvalue weighted by atomic mass is 35.5. The zero-order chi connectivity index (χ0) is 14.2. The molecule has 1 atom stereocenters. The van der Waals surface area contributed by atoms with Crippen molar-refractivity contribution in [3.8, 4) is 0 Å². The minimum atomic E-state index is 0. The van der Waals surface area contributed by atoms with Crippen molar-refractivity contribution in [2.24, 2.45) is 0 Å². The molecule has 1 N–H and O–H groups in total. The van der Waals surface area contributed by atoms with Crippen molar-refractivity contribution in [1.82, 2.24) is 10.2 Å². The van der Waals surface area contributed by atoms with Gasteiger partial charge in [-0.3, -0.25) is 4.90 Å². The van der Waals surface area contributed by atoms with Crippen LogP contribution >= 0.6 is 24.8 Å². The monoisotopic (exact) mass is 346 g/mol. The van der Waals surface area contributed by atoms with Crippen molar-refractivity contribution in [2.75, 3.05) is 26.2 Å². The maximum atomic E-state index is 3.46. The minimum Gasteiger partial charge on any atom is -0.314 e. The van der Waals surface area contributed by atoms with E-state index in [1.807, 2.05) is 0 Å². The number of rotatable bonds is 7. The Labute approximate surface area is 148 Å². The largest absolute Gasteiger partial charge is 0.314 e. The maximum absolute atomic E-state index is 3.46. The normalized spacial score (nSPS) is 16.5. The number of nitrogens with one attached hydrogen (secondary N) is 1. The predicted octanol–water partition coefficient (Wildman–Crippen LogP) is 4.62. The van der Waals surface area contributed by atoms with Gasteiger partial charge in [0.2, 0.25) is 0 Å². The fraction of sp³-hybridized carbons (Fsp3) is 0.667. The van der Waals surface area contributed by atoms with Crippen molar-refractivity contribution in [3.05, 3.63) is 35.4 Å². The van der Waals surface area contributed by atoms with Crippen LogP contribution in [0.5, 0.6) is 0 Å². The summed E-state index contributed by atoms with van der Waals surface area (Å²) >= 11 is 0. The number of aryl methyl sites for hydroxylation is 1. The molecule has 0 unspecified atom stereocenters. The SMILES string of the molecule is CCCCC[C@@H](c1ccc(CC)cc1)N1CCNCC1.Cl.Cl. The number of halogens is 2. The molecule has 0 amide bonds. The van der Waals surface area contributed by atoms with E-state index < -0.39 is 0 Å². The molecule has 22 heavy (non-hydrogen) atoms. The summed E-state index contributed by atoms with van der Waals surface area (Å²) in [6, 6.07) is 9.96. The number of nitrogens with zero attached hydrogens (tertiary/aromatic N) is 1. The van der Waals surface area contributed by atoms with Gasteiger partial charge in [-0.2, -0.15) is 0 Å². The lowest BCUT2D eigenvalue weighted by atomic mass is 9.97. The zero-order valence-corrected chi connectivity index (χ0v) is 15.6. The molecule has 2 nitrogen and oxygen atoms in total. The lowest BCUT2D eigenvalue weighted by Gasteiger charge is -2.35. The maximum Gasteiger partial charge on any atom is 0.0349 e. The van der Waals surface area contributed by atoms with E-state index in [1.165, 1.54) is 49.9 Å². The Balaban J connectivity index is 0.00000220. The molecule has 1 aromatic carbocycles. The van der Waals surface area contributed by atoms with Crippen LogP contribution in [0.1, 0.15) is 56.7 Å². The van der Waals surface area contributed by atoms with Gasteiger partial charge in [-0.1, -0.05) is 57.4 Å². The summed E-state index contributed by atoms with van der Waals surface area (Å²) in [5, 5.41) is 3.46. The zero-order valence-electron chi connectivity index (χ0n) is 14.0. The van der Waals surface area contributed by atoms with Crippen LogP contribution in [0, 0.1) is 0 Å². The van der Waals surface area contributed by atoms with E-state index in [0.29, 0.717) is 6.04 Å². The van der Waals surface area contributed by atoms with Crippen LogP contribution in [0.3, 0.4) is 0 Å². The average molecular weight is 347 g/mol. The Kier molecular flexibility index (Phi) is 12.0. The standard InChI is InChI=1S/C18H30N2.2ClH/c1-3-5-6-7-18(20-14-12-19-13-15-20)17-10-8-16(4-2)9-11-17;;/h8-11,18-19H,3-7,12-15H2,1-2H3;2*1H/t18-;;/m0../s1. The number of hydrogen-bond acceptors (Lipinski definition) is 2. The van der Waals surface area contributed by atoms with Crippen molar-refractivity contribution >= 4 is 24.8 Å². The highest BCUT2D eigenvalue weighted by Gasteiger charge is 2.21. The van der Waals surface area contributed by atoms with Crippen LogP contribution in [-0.4, -0.2) is 31.1 Å². The van der Waals surface area contributed by atoms with E-state index in [0.717, 1.165) is 19.5 Å². The average Bonchev–Trinajstić information content (AvgIpc) is 2.53. The second-order valence-electron chi connectivity index (χ2n) is 5.89. The van der Waals surface area contributed by atoms with Gasteiger partial charge in [0.15, 0.2) is 0 Å². The highest BCUT2D eigenvalue weighted by molar-refractivity contribution is 5.85. The molecular weight excluding hydrogens is 315 g/mol. The number of piperazine rings is 1. The number of benzene rings is 1. The van der Waals surface area contributed by atoms with E-state index in [-0.39, 0.29) is 24.8 Å². The molecule has 0 aromatic heterocycles. The molecular formula is C18H32Cl2N2. The lowest BCUT2D eigenvalue weighted by Crippen LogP contribution is -2.45. The summed E-state index contributed by atoms with van der Waals surface area (Å²) in [5.74, 6) is 0. The Morgan fingerprint density at radius 3 is 2.18 bits per heavy atom. The molecule has 0 spiro atoms. The molecule has 0 radical (unpaired) electrons. The number of hydrogen-bond donors (Lipinski definition) is 1. The molecule has 1 aromatic rings. The third-order valence-electron chi connectivity index (χ3n) is 4.45. The molecule has 128 valence electrons. The minimum absolute atomic E-state index is 0. The summed E-state index contributed by atoms with van der Waals surface area (Å²) in [4.78, 5) is 2.67. The molecule has 0 aliphatic carbocycles. The first-order valence-electron chi connectivity index (χ1n) is 8.38. The molecule has 1 fully saturated rings. The summed E-state index contributed by atoms with van der Waals surface area (Å²) in [7, 11) is 0. The molecule has 0 bridgehead atoms. The lowest BCUT2D eigenvalue weighted by molar-refractivity contribution is 0.162. The Hall–Kier alpha value is -0.280. The topological polar surface area (TPSA) is 15.3 Å². The fourth-order valence-corrected chi connectivity index (χ4v) is 3.12. The van der Waals surface area contributed by atoms with Gasteiger partial charge in [0.1, 0.15) is 0 Å². The second-order valence-corrected chi connectivity index (χ2v) is 5.89. The van der Waals surface area contributed by atoms with Crippen LogP contribution < -0.4 is 5.32 Å². The van der Waals surface area contributed by atoms with E-state index >= 15 is 0 Å². The third-order valence-corrected chi connectivity index (χ3v) is 4.45. The summed E-state index contributed by atoms with van der Waals surface area (Å²) < 4.78 is 0. The first-order valence-corrected chi connectivity index (χ1v) is 8.38. The van der Waals surface area contributed by atoms with Gasteiger partial charge in [0, 0.05) is 32.2 Å². The van der Waals surface area contributed by atoms with Crippen LogP contribution in [0.4, 0.5) is 0 Å². The predicted molar refractivity (Wildman–Crippen MR) is 102 cm³/mol. The third kappa shape index (κ3) is 6.45. The summed E-state index contributed by atoms with van der Waals surface area (Å²) in [5.41, 5.74) is 2.96. The van der Waals surface area contributed by atoms with Gasteiger partial charge in [0.25, 0.3) is 0 Å². The van der Waals surface area contributed by atoms with Gasteiger partial charge < -0.3 is 5.32 Å². The van der Waals surface area contributed by atoms with Gasteiger partial charge >= 0.3 is 0 Å². The van der Waals surface area contributed by atoms with E-state index in [2.05, 4.69) is 48.3 Å². The molecule has 1 heterocycles. The first kappa shape index (κ1) is 21.7. The van der Waals surface area contributed by atoms with Crippen molar-refractivity contribution in [2.45, 2.75) is 52.0 Å². The van der Waals surface area contributed by atoms with E-state index in [1.54, 1.807) is 0 Å². The molecule has 1 aliphatic rings. The van der Waals surface area contributed by atoms with Crippen LogP contribution in [0.15, 0.2) is 24.3 Å². The molecule has 0 saturated carbocycles. The van der Waals surface area contributed by atoms with Gasteiger partial charge in [-0.15, -0.1) is 24.8 Å². The van der Waals surface area contributed by atoms with Gasteiger partial charge in [-0.25, -0.2) is 0 Å². The Morgan fingerprint density at radius 1 is 1.00 bits per heavy atom. The molecule has 2 rings (SSSR count). The van der Waals surface area contributed by atoms with Crippen LogP contribution in [-0.2, 0) is 6.42 Å². The highest BCUT2D eigenvalue weighted by Crippen LogP contribution is 2.27. The molecule has 1 saturated heterocycles. The van der Waals surface area contributed by atoms with Crippen molar-refractivity contribution in [3.63, 3.8) is 0 Å². The van der Waals surface area contributed by atoms with Crippen molar-refractivity contribution < 1.29 is 0 Å². The van der Waals surface area contributed by atoms with Crippen LogP contribution in [0.2, 0.25) is 0 Å². The number of unbranched alkanes of at least 4 members (excludes halogenated alkanes) is 2. The Morgan fingerprint density at radius 2 is 1.64 bits per heavy atom. The van der Waals surface area contributed by atoms with Crippen molar-refractivity contribution in [1.29, 1.82) is 0 Å². The van der Waals surface area contributed by atoms with Gasteiger partial charge in [-0.05, 0) is 24.0 Å². The summed E-state index contributed by atoms with van der Waals surface area (Å²) in [6.45, 7) is 9.16. The first-order chi connectivity index (χ1) is 9.85. The van der Waals surface area contributed by atoms with E-state index in [4.69, 9.17) is 0 Å². The van der Waals surface area contributed by atoms with E-state index in [9.17, 15) is 0 Å². The fourth-order valence-electron chi connectivity index (χ4n) is 3.12. The molecule has 4 heteroatoms. The molecule has 1 aliphatic heterocycles. The quantitative estimate of drug-likeness (QED) is 0.724. The van der Waals surface area contributed by atoms with Crippen LogP contribution in [0.25, 0.3) is 0 Å². The second kappa shape index (κ2) is 12.2. The summed E-state index contributed by atoms with van der Waals surface area (Å²) in [6.07, 6.45) is 6.45.